The molecule has 2 aromatic carbocycles. The summed E-state index contributed by atoms with van der Waals surface area (Å²) >= 11 is 1.30. The van der Waals surface area contributed by atoms with E-state index in [0.717, 1.165) is 22.6 Å². The van der Waals surface area contributed by atoms with Crippen LogP contribution < -0.4 is 10.6 Å². The third-order valence-electron chi connectivity index (χ3n) is 3.25. The summed E-state index contributed by atoms with van der Waals surface area (Å²) in [5.41, 5.74) is 1.49. The van der Waals surface area contributed by atoms with Crippen LogP contribution in [0.5, 0.6) is 0 Å². The SMILES string of the molecule is O=C(NCc1cn[nH]c1)Nc1ccc(Sc2ccc(F)c(F)c2)cc1. The van der Waals surface area contributed by atoms with E-state index in [0.29, 0.717) is 17.1 Å². The second-order valence-corrected chi connectivity index (χ2v) is 6.26. The predicted molar refractivity (Wildman–Crippen MR) is 91.4 cm³/mol. The molecule has 0 aliphatic rings. The number of carbonyl (C=O) groups excluding carboxylic acids is 1. The standard InChI is InChI=1S/C17H14F2N4OS/c18-15-6-5-14(7-16(15)19)25-13-3-1-12(2-4-13)23-17(24)20-8-11-9-21-22-10-11/h1-7,9-10H,8H2,(H,21,22)(H2,20,23,24). The van der Waals surface area contributed by atoms with E-state index in [1.165, 1.54) is 17.8 Å². The normalized spacial score (nSPS) is 10.5. The van der Waals surface area contributed by atoms with Crippen LogP contribution in [0.4, 0.5) is 19.3 Å². The van der Waals surface area contributed by atoms with Crippen molar-refractivity contribution in [1.82, 2.24) is 15.5 Å². The Hall–Kier alpha value is -2.87. The van der Waals surface area contributed by atoms with Crippen molar-refractivity contribution in [2.45, 2.75) is 16.3 Å². The molecule has 0 spiro atoms. The molecule has 0 radical (unpaired) electrons. The van der Waals surface area contributed by atoms with Gasteiger partial charge in [-0.05, 0) is 42.5 Å². The molecule has 5 nitrogen and oxygen atoms in total. The van der Waals surface area contributed by atoms with E-state index in [1.54, 1.807) is 36.7 Å². The average molecular weight is 360 g/mol. The Morgan fingerprint density at radius 3 is 2.52 bits per heavy atom. The van der Waals surface area contributed by atoms with E-state index in [4.69, 9.17) is 0 Å². The van der Waals surface area contributed by atoms with Crippen molar-refractivity contribution < 1.29 is 13.6 Å². The molecule has 0 saturated heterocycles. The van der Waals surface area contributed by atoms with Crippen LogP contribution in [-0.4, -0.2) is 16.2 Å². The summed E-state index contributed by atoms with van der Waals surface area (Å²) in [5.74, 6) is -1.75. The Balaban J connectivity index is 1.54. The van der Waals surface area contributed by atoms with Crippen LogP contribution in [0.15, 0.2) is 64.6 Å². The molecule has 2 amide bonds. The quantitative estimate of drug-likeness (QED) is 0.640. The Bertz CT molecular complexity index is 854. The van der Waals surface area contributed by atoms with Crippen molar-refractivity contribution in [3.05, 3.63) is 72.1 Å². The maximum atomic E-state index is 13.2. The number of hydrogen-bond acceptors (Lipinski definition) is 3. The highest BCUT2D eigenvalue weighted by molar-refractivity contribution is 7.99. The number of benzene rings is 2. The number of nitrogens with zero attached hydrogens (tertiary/aromatic N) is 1. The first-order chi connectivity index (χ1) is 12.1. The molecule has 128 valence electrons. The molecule has 3 rings (SSSR count). The molecule has 3 aromatic rings. The number of aromatic nitrogens is 2. The molecule has 3 N–H and O–H groups in total. The van der Waals surface area contributed by atoms with Crippen molar-refractivity contribution in [3.63, 3.8) is 0 Å². The first-order valence-corrected chi connectivity index (χ1v) is 8.17. The van der Waals surface area contributed by atoms with Crippen molar-refractivity contribution in [1.29, 1.82) is 0 Å². The monoisotopic (exact) mass is 360 g/mol. The summed E-state index contributed by atoms with van der Waals surface area (Å²) in [4.78, 5) is 13.3. The second kappa shape index (κ2) is 7.80. The number of H-pyrrole nitrogens is 1. The van der Waals surface area contributed by atoms with Gasteiger partial charge in [-0.3, -0.25) is 5.10 Å². The fraction of sp³-hybridized carbons (Fsp3) is 0.0588. The number of halogens is 2. The highest BCUT2D eigenvalue weighted by atomic mass is 32.2. The van der Waals surface area contributed by atoms with Gasteiger partial charge >= 0.3 is 6.03 Å². The zero-order valence-corrected chi connectivity index (χ0v) is 13.7. The predicted octanol–water partition coefficient (Wildman–Crippen LogP) is 4.16. The summed E-state index contributed by atoms with van der Waals surface area (Å²) < 4.78 is 26.1. The van der Waals surface area contributed by atoms with E-state index >= 15 is 0 Å². The zero-order valence-electron chi connectivity index (χ0n) is 12.9. The van der Waals surface area contributed by atoms with E-state index in [-0.39, 0.29) is 6.03 Å². The van der Waals surface area contributed by atoms with Crippen molar-refractivity contribution >= 4 is 23.5 Å². The Labute approximate surface area is 146 Å². The third kappa shape index (κ3) is 4.80. The maximum Gasteiger partial charge on any atom is 0.319 e. The van der Waals surface area contributed by atoms with Gasteiger partial charge in [-0.1, -0.05) is 11.8 Å². The van der Waals surface area contributed by atoms with Crippen LogP contribution in [0, 0.1) is 11.6 Å². The summed E-state index contributed by atoms with van der Waals surface area (Å²) in [6.45, 7) is 0.367. The molecule has 0 bridgehead atoms. The van der Waals surface area contributed by atoms with Gasteiger partial charge in [-0.2, -0.15) is 5.10 Å². The smallest absolute Gasteiger partial charge is 0.319 e. The minimum Gasteiger partial charge on any atom is -0.334 e. The van der Waals surface area contributed by atoms with Crippen LogP contribution in [-0.2, 0) is 6.54 Å². The van der Waals surface area contributed by atoms with Crippen LogP contribution >= 0.6 is 11.8 Å². The first-order valence-electron chi connectivity index (χ1n) is 7.35. The molecular formula is C17H14F2N4OS. The van der Waals surface area contributed by atoms with Gasteiger partial charge in [-0.25, -0.2) is 13.6 Å². The number of amides is 2. The Morgan fingerprint density at radius 2 is 1.84 bits per heavy atom. The fourth-order valence-electron chi connectivity index (χ4n) is 2.01. The van der Waals surface area contributed by atoms with Crippen LogP contribution in [0.3, 0.4) is 0 Å². The summed E-state index contributed by atoms with van der Waals surface area (Å²) in [6.07, 6.45) is 3.33. The number of carbonyl (C=O) groups is 1. The lowest BCUT2D eigenvalue weighted by atomic mass is 10.3. The highest BCUT2D eigenvalue weighted by Gasteiger charge is 2.05. The van der Waals surface area contributed by atoms with E-state index in [9.17, 15) is 13.6 Å². The van der Waals surface area contributed by atoms with Gasteiger partial charge in [0.2, 0.25) is 0 Å². The average Bonchev–Trinajstić information content (AvgIpc) is 3.12. The Morgan fingerprint density at radius 1 is 1.08 bits per heavy atom. The summed E-state index contributed by atoms with van der Waals surface area (Å²) in [6, 6.07) is 10.5. The maximum absolute atomic E-state index is 13.2. The molecule has 0 saturated carbocycles. The second-order valence-electron chi connectivity index (χ2n) is 5.12. The van der Waals surface area contributed by atoms with Gasteiger partial charge < -0.3 is 10.6 Å². The minimum atomic E-state index is -0.877. The fourth-order valence-corrected chi connectivity index (χ4v) is 2.86. The van der Waals surface area contributed by atoms with Crippen molar-refractivity contribution in [3.8, 4) is 0 Å². The number of rotatable bonds is 5. The largest absolute Gasteiger partial charge is 0.334 e. The van der Waals surface area contributed by atoms with Crippen LogP contribution in [0.25, 0.3) is 0 Å². The number of urea groups is 1. The lowest BCUT2D eigenvalue weighted by Crippen LogP contribution is -2.27. The molecule has 0 atom stereocenters. The molecule has 0 unspecified atom stereocenters. The summed E-state index contributed by atoms with van der Waals surface area (Å²) in [7, 11) is 0. The molecule has 0 aliphatic carbocycles. The number of hydrogen-bond donors (Lipinski definition) is 3. The van der Waals surface area contributed by atoms with Gasteiger partial charge in [0.25, 0.3) is 0 Å². The topological polar surface area (TPSA) is 69.8 Å². The number of anilines is 1. The molecule has 1 heterocycles. The van der Waals surface area contributed by atoms with Gasteiger partial charge in [0.05, 0.1) is 6.20 Å². The third-order valence-corrected chi connectivity index (χ3v) is 4.24. The van der Waals surface area contributed by atoms with Gasteiger partial charge in [0.15, 0.2) is 11.6 Å². The molecule has 0 fully saturated rings. The van der Waals surface area contributed by atoms with Gasteiger partial charge in [-0.15, -0.1) is 0 Å². The Kier molecular flexibility index (Phi) is 5.30. The molecule has 25 heavy (non-hydrogen) atoms. The number of aromatic amines is 1. The molecule has 8 heteroatoms. The number of nitrogens with one attached hydrogen (secondary N) is 3. The van der Waals surface area contributed by atoms with Crippen LogP contribution in [0.1, 0.15) is 5.56 Å². The minimum absolute atomic E-state index is 0.331. The van der Waals surface area contributed by atoms with Crippen LogP contribution in [0.2, 0.25) is 0 Å². The van der Waals surface area contributed by atoms with Gasteiger partial charge in [0, 0.05) is 33.8 Å². The highest BCUT2D eigenvalue weighted by Crippen LogP contribution is 2.29. The summed E-state index contributed by atoms with van der Waals surface area (Å²) in [5, 5.41) is 11.9. The van der Waals surface area contributed by atoms with E-state index in [2.05, 4.69) is 20.8 Å². The lowest BCUT2D eigenvalue weighted by molar-refractivity contribution is 0.251. The van der Waals surface area contributed by atoms with Crippen molar-refractivity contribution in [2.24, 2.45) is 0 Å². The van der Waals surface area contributed by atoms with E-state index < -0.39 is 11.6 Å². The first kappa shape index (κ1) is 17.0. The molecular weight excluding hydrogens is 346 g/mol. The van der Waals surface area contributed by atoms with E-state index in [1.807, 2.05) is 0 Å². The molecule has 0 aliphatic heterocycles. The zero-order chi connectivity index (χ0) is 17.6. The molecule has 1 aromatic heterocycles. The lowest BCUT2D eigenvalue weighted by Gasteiger charge is -2.08. The van der Waals surface area contributed by atoms with Gasteiger partial charge in [0.1, 0.15) is 0 Å². The van der Waals surface area contributed by atoms with Crippen molar-refractivity contribution in [2.75, 3.05) is 5.32 Å².